The first kappa shape index (κ1) is 14.5. The lowest BCUT2D eigenvalue weighted by atomic mass is 10.2. The van der Waals surface area contributed by atoms with E-state index in [2.05, 4.69) is 18.0 Å². The molecule has 1 aromatic carbocycles. The van der Waals surface area contributed by atoms with Gasteiger partial charge in [0.15, 0.2) is 0 Å². The van der Waals surface area contributed by atoms with Gasteiger partial charge in [-0.3, -0.25) is 4.99 Å². The summed E-state index contributed by atoms with van der Waals surface area (Å²) in [5, 5.41) is 2.05. The SMILES string of the molecule is CCCOC(=O)c1ccc(N=Cc2sccc2C)cc1. The van der Waals surface area contributed by atoms with Gasteiger partial charge >= 0.3 is 5.97 Å². The predicted molar refractivity (Wildman–Crippen MR) is 83.3 cm³/mol. The van der Waals surface area contributed by atoms with Crippen molar-refractivity contribution < 1.29 is 9.53 Å². The summed E-state index contributed by atoms with van der Waals surface area (Å²) in [6, 6.07) is 9.20. The smallest absolute Gasteiger partial charge is 0.338 e. The molecule has 4 heteroatoms. The van der Waals surface area contributed by atoms with E-state index in [0.29, 0.717) is 12.2 Å². The van der Waals surface area contributed by atoms with Gasteiger partial charge in [0.2, 0.25) is 0 Å². The maximum absolute atomic E-state index is 11.6. The summed E-state index contributed by atoms with van der Waals surface area (Å²) in [4.78, 5) is 17.2. The van der Waals surface area contributed by atoms with Gasteiger partial charge in [0, 0.05) is 11.1 Å². The Kier molecular flexibility index (Phi) is 5.07. The molecule has 0 unspecified atom stereocenters. The zero-order valence-corrected chi connectivity index (χ0v) is 12.4. The fourth-order valence-corrected chi connectivity index (χ4v) is 2.40. The lowest BCUT2D eigenvalue weighted by Crippen LogP contribution is -2.05. The third kappa shape index (κ3) is 3.78. The number of rotatable bonds is 5. The molecule has 0 saturated heterocycles. The van der Waals surface area contributed by atoms with Gasteiger partial charge in [0.25, 0.3) is 0 Å². The highest BCUT2D eigenvalue weighted by atomic mass is 32.1. The standard InChI is InChI=1S/C16H17NO2S/c1-3-9-19-16(18)13-4-6-14(7-5-13)17-11-15-12(2)8-10-20-15/h4-8,10-11H,3,9H2,1-2H3. The monoisotopic (exact) mass is 287 g/mol. The van der Waals surface area contributed by atoms with Crippen LogP contribution < -0.4 is 0 Å². The van der Waals surface area contributed by atoms with Gasteiger partial charge in [-0.15, -0.1) is 11.3 Å². The Bertz CT molecular complexity index is 599. The van der Waals surface area contributed by atoms with Gasteiger partial charge in [-0.25, -0.2) is 4.79 Å². The normalized spacial score (nSPS) is 10.9. The van der Waals surface area contributed by atoms with Crippen LogP contribution in [0.4, 0.5) is 5.69 Å². The van der Waals surface area contributed by atoms with Crippen LogP contribution in [0.15, 0.2) is 40.7 Å². The fraction of sp³-hybridized carbons (Fsp3) is 0.250. The Morgan fingerprint density at radius 2 is 2.05 bits per heavy atom. The van der Waals surface area contributed by atoms with Gasteiger partial charge in [0.05, 0.1) is 17.9 Å². The van der Waals surface area contributed by atoms with Crippen LogP contribution in [0.5, 0.6) is 0 Å². The zero-order chi connectivity index (χ0) is 14.4. The van der Waals surface area contributed by atoms with E-state index in [4.69, 9.17) is 4.74 Å². The molecule has 0 radical (unpaired) electrons. The molecule has 0 aliphatic heterocycles. The maximum atomic E-state index is 11.6. The minimum absolute atomic E-state index is 0.281. The molecule has 0 saturated carbocycles. The molecule has 3 nitrogen and oxygen atoms in total. The van der Waals surface area contributed by atoms with Gasteiger partial charge in [0.1, 0.15) is 0 Å². The molecule has 2 aromatic rings. The van der Waals surface area contributed by atoms with Crippen molar-refractivity contribution in [2.45, 2.75) is 20.3 Å². The molecule has 0 N–H and O–H groups in total. The number of thiophene rings is 1. The Morgan fingerprint density at radius 1 is 1.30 bits per heavy atom. The van der Waals surface area contributed by atoms with Crippen molar-refractivity contribution in [2.75, 3.05) is 6.61 Å². The van der Waals surface area contributed by atoms with Gasteiger partial charge in [-0.05, 0) is 54.6 Å². The second-order valence-electron chi connectivity index (χ2n) is 4.41. The molecule has 0 bridgehead atoms. The molecule has 0 aliphatic rings. The van der Waals surface area contributed by atoms with Gasteiger partial charge in [-0.2, -0.15) is 0 Å². The van der Waals surface area contributed by atoms with E-state index in [1.807, 2.05) is 30.7 Å². The molecule has 0 fully saturated rings. The van der Waals surface area contributed by atoms with Crippen molar-refractivity contribution in [3.05, 3.63) is 51.7 Å². The van der Waals surface area contributed by atoms with Crippen LogP contribution in [0.1, 0.15) is 34.1 Å². The number of aliphatic imine (C=N–C) groups is 1. The number of hydrogen-bond donors (Lipinski definition) is 0. The summed E-state index contributed by atoms with van der Waals surface area (Å²) in [6.45, 7) is 4.48. The first-order valence-electron chi connectivity index (χ1n) is 6.56. The molecule has 2 rings (SSSR count). The third-order valence-corrected chi connectivity index (χ3v) is 3.73. The van der Waals surface area contributed by atoms with Crippen LogP contribution >= 0.6 is 11.3 Å². The maximum Gasteiger partial charge on any atom is 0.338 e. The van der Waals surface area contributed by atoms with Crippen LogP contribution in [0.25, 0.3) is 0 Å². The third-order valence-electron chi connectivity index (χ3n) is 2.77. The average Bonchev–Trinajstić information content (AvgIpc) is 2.88. The Balaban J connectivity index is 2.03. The van der Waals surface area contributed by atoms with E-state index >= 15 is 0 Å². The summed E-state index contributed by atoms with van der Waals surface area (Å²) in [6.07, 6.45) is 2.68. The second-order valence-corrected chi connectivity index (χ2v) is 5.36. The first-order chi connectivity index (χ1) is 9.70. The van der Waals surface area contributed by atoms with Crippen molar-refractivity contribution in [1.29, 1.82) is 0 Å². The Hall–Kier alpha value is -1.94. The summed E-state index contributed by atoms with van der Waals surface area (Å²) < 4.78 is 5.08. The minimum Gasteiger partial charge on any atom is -0.462 e. The number of esters is 1. The lowest BCUT2D eigenvalue weighted by Gasteiger charge is -2.02. The van der Waals surface area contributed by atoms with Gasteiger partial charge in [-0.1, -0.05) is 6.92 Å². The molecular formula is C16H17NO2S. The summed E-state index contributed by atoms with van der Waals surface area (Å²) in [7, 11) is 0. The minimum atomic E-state index is -0.281. The second kappa shape index (κ2) is 7.01. The topological polar surface area (TPSA) is 38.7 Å². The quantitative estimate of drug-likeness (QED) is 0.605. The van der Waals surface area contributed by atoms with Crippen molar-refractivity contribution in [3.8, 4) is 0 Å². The van der Waals surface area contributed by atoms with Crippen LogP contribution in [0, 0.1) is 6.92 Å². The molecule has 0 atom stereocenters. The summed E-state index contributed by atoms with van der Waals surface area (Å²) in [5.41, 5.74) is 2.60. The highest BCUT2D eigenvalue weighted by Gasteiger charge is 2.05. The van der Waals surface area contributed by atoms with Crippen molar-refractivity contribution in [2.24, 2.45) is 4.99 Å². The van der Waals surface area contributed by atoms with Crippen LogP contribution in [-0.4, -0.2) is 18.8 Å². The van der Waals surface area contributed by atoms with Crippen molar-refractivity contribution in [1.82, 2.24) is 0 Å². The summed E-state index contributed by atoms with van der Waals surface area (Å²) in [5.74, 6) is -0.281. The molecule has 1 heterocycles. The van der Waals surface area contributed by atoms with E-state index in [-0.39, 0.29) is 5.97 Å². The molecule has 0 spiro atoms. The molecule has 0 aliphatic carbocycles. The molecular weight excluding hydrogens is 270 g/mol. The van der Waals surface area contributed by atoms with E-state index in [9.17, 15) is 4.79 Å². The van der Waals surface area contributed by atoms with Crippen molar-refractivity contribution in [3.63, 3.8) is 0 Å². The van der Waals surface area contributed by atoms with Gasteiger partial charge < -0.3 is 4.74 Å². The first-order valence-corrected chi connectivity index (χ1v) is 7.44. The van der Waals surface area contributed by atoms with E-state index < -0.39 is 0 Å². The summed E-state index contributed by atoms with van der Waals surface area (Å²) >= 11 is 1.66. The van der Waals surface area contributed by atoms with Crippen LogP contribution in [0.2, 0.25) is 0 Å². The van der Waals surface area contributed by atoms with Crippen LogP contribution in [0.3, 0.4) is 0 Å². The Morgan fingerprint density at radius 3 is 2.65 bits per heavy atom. The number of carbonyl (C=O) groups excluding carboxylic acids is 1. The lowest BCUT2D eigenvalue weighted by molar-refractivity contribution is 0.0505. The molecule has 0 amide bonds. The number of benzene rings is 1. The highest BCUT2D eigenvalue weighted by molar-refractivity contribution is 7.11. The van der Waals surface area contributed by atoms with E-state index in [1.165, 1.54) is 5.56 Å². The molecule has 104 valence electrons. The number of hydrogen-bond acceptors (Lipinski definition) is 4. The number of carbonyl (C=O) groups is 1. The van der Waals surface area contributed by atoms with E-state index in [1.54, 1.807) is 23.5 Å². The van der Waals surface area contributed by atoms with Crippen LogP contribution in [-0.2, 0) is 4.74 Å². The fourth-order valence-electron chi connectivity index (χ4n) is 1.61. The number of nitrogens with zero attached hydrogens (tertiary/aromatic N) is 1. The largest absolute Gasteiger partial charge is 0.462 e. The predicted octanol–water partition coefficient (Wildman–Crippen LogP) is 4.37. The van der Waals surface area contributed by atoms with Crippen molar-refractivity contribution >= 4 is 29.2 Å². The highest BCUT2D eigenvalue weighted by Crippen LogP contribution is 2.17. The zero-order valence-electron chi connectivity index (χ0n) is 11.6. The number of aryl methyl sites for hydroxylation is 1. The molecule has 20 heavy (non-hydrogen) atoms. The molecule has 1 aromatic heterocycles. The van der Waals surface area contributed by atoms with E-state index in [0.717, 1.165) is 17.0 Å². The Labute approximate surface area is 122 Å². The number of ether oxygens (including phenoxy) is 1. The average molecular weight is 287 g/mol.